The van der Waals surface area contributed by atoms with Crippen LogP contribution < -0.4 is 15.0 Å². The van der Waals surface area contributed by atoms with Gasteiger partial charge in [-0.1, -0.05) is 24.3 Å². The molecule has 0 bridgehead atoms. The summed E-state index contributed by atoms with van der Waals surface area (Å²) in [6.07, 6.45) is 0.319. The molecule has 0 radical (unpaired) electrons. The topological polar surface area (TPSA) is 50.8 Å². The van der Waals surface area contributed by atoms with E-state index in [4.69, 9.17) is 9.47 Å². The van der Waals surface area contributed by atoms with Crippen LogP contribution in [-0.2, 0) is 16.1 Å². The second-order valence-electron chi connectivity index (χ2n) is 6.23. The summed E-state index contributed by atoms with van der Waals surface area (Å²) >= 11 is 0. The lowest BCUT2D eigenvalue weighted by atomic mass is 10.1. The fourth-order valence-corrected chi connectivity index (χ4v) is 3.04. The Morgan fingerprint density at radius 1 is 1.27 bits per heavy atom. The number of halogens is 1. The molecule has 26 heavy (non-hydrogen) atoms. The predicted octanol–water partition coefficient (Wildman–Crippen LogP) is 2.75. The van der Waals surface area contributed by atoms with E-state index in [1.165, 1.54) is 12.1 Å². The highest BCUT2D eigenvalue weighted by Crippen LogP contribution is 2.35. The largest absolute Gasteiger partial charge is 0.489 e. The number of para-hydroxylation sites is 2. The highest BCUT2D eigenvalue weighted by molar-refractivity contribution is 5.77. The summed E-state index contributed by atoms with van der Waals surface area (Å²) in [6.45, 7) is 1.97. The zero-order valence-corrected chi connectivity index (χ0v) is 14.8. The fraction of sp³-hybridized carbons (Fsp3) is 0.350. The highest BCUT2D eigenvalue weighted by atomic mass is 19.1. The molecule has 1 aliphatic rings. The maximum Gasteiger partial charge on any atom is 0.222 e. The molecule has 1 N–H and O–H groups in total. The van der Waals surface area contributed by atoms with Crippen molar-refractivity contribution in [3.05, 3.63) is 59.9 Å². The van der Waals surface area contributed by atoms with E-state index in [-0.39, 0.29) is 17.8 Å². The number of methoxy groups -OCH3 is 1. The molecule has 1 aliphatic heterocycles. The summed E-state index contributed by atoms with van der Waals surface area (Å²) in [5.74, 6) is 0.495. The first kappa shape index (κ1) is 18.2. The first-order chi connectivity index (χ1) is 12.7. The van der Waals surface area contributed by atoms with Crippen LogP contribution in [0.25, 0.3) is 0 Å². The van der Waals surface area contributed by atoms with Crippen LogP contribution in [0.15, 0.2) is 48.5 Å². The number of fused-ring (bicyclic) bond motifs is 1. The molecule has 1 heterocycles. The second kappa shape index (κ2) is 8.67. The first-order valence-corrected chi connectivity index (χ1v) is 8.66. The molecule has 0 aliphatic carbocycles. The number of hydrogen-bond acceptors (Lipinski definition) is 4. The predicted molar refractivity (Wildman–Crippen MR) is 97.8 cm³/mol. The average Bonchev–Trinajstić information content (AvgIpc) is 2.65. The van der Waals surface area contributed by atoms with Gasteiger partial charge < -0.3 is 19.7 Å². The number of rotatable bonds is 7. The Morgan fingerprint density at radius 2 is 2.04 bits per heavy atom. The van der Waals surface area contributed by atoms with Crippen molar-refractivity contribution in [1.29, 1.82) is 0 Å². The number of anilines is 1. The Hall–Kier alpha value is -2.60. The van der Waals surface area contributed by atoms with Crippen LogP contribution in [0.4, 0.5) is 10.1 Å². The number of amides is 1. The third-order valence-corrected chi connectivity index (χ3v) is 4.36. The van der Waals surface area contributed by atoms with E-state index in [0.29, 0.717) is 32.7 Å². The lowest BCUT2D eigenvalue weighted by Gasteiger charge is -2.38. The summed E-state index contributed by atoms with van der Waals surface area (Å²) in [5, 5.41) is 2.85. The zero-order valence-electron chi connectivity index (χ0n) is 14.8. The molecular formula is C20H23FN2O3. The summed E-state index contributed by atoms with van der Waals surface area (Å²) in [6, 6.07) is 14.1. The Kier molecular flexibility index (Phi) is 6.07. The van der Waals surface area contributed by atoms with Gasteiger partial charge in [0.1, 0.15) is 18.2 Å². The maximum atomic E-state index is 13.2. The van der Waals surface area contributed by atoms with Gasteiger partial charge in [0.25, 0.3) is 0 Å². The van der Waals surface area contributed by atoms with E-state index >= 15 is 0 Å². The summed E-state index contributed by atoms with van der Waals surface area (Å²) in [5.41, 5.74) is 1.92. The zero-order chi connectivity index (χ0) is 18.4. The molecule has 0 saturated carbocycles. The third-order valence-electron chi connectivity index (χ3n) is 4.36. The van der Waals surface area contributed by atoms with Crippen molar-refractivity contribution >= 4 is 11.6 Å². The Labute approximate surface area is 152 Å². The van der Waals surface area contributed by atoms with Gasteiger partial charge >= 0.3 is 0 Å². The molecule has 1 atom stereocenters. The van der Waals surface area contributed by atoms with E-state index in [0.717, 1.165) is 17.0 Å². The lowest BCUT2D eigenvalue weighted by molar-refractivity contribution is -0.121. The van der Waals surface area contributed by atoms with Gasteiger partial charge in [-0.25, -0.2) is 4.39 Å². The number of nitrogens with one attached hydrogen (secondary N) is 1. The minimum Gasteiger partial charge on any atom is -0.489 e. The Morgan fingerprint density at radius 3 is 2.81 bits per heavy atom. The highest BCUT2D eigenvalue weighted by Gasteiger charge is 2.29. The number of carbonyl (C=O) groups is 1. The number of ether oxygens (including phenoxy) is 2. The van der Waals surface area contributed by atoms with E-state index < -0.39 is 0 Å². The molecule has 3 rings (SSSR count). The van der Waals surface area contributed by atoms with E-state index in [1.54, 1.807) is 19.2 Å². The number of hydrogen-bond donors (Lipinski definition) is 1. The molecule has 0 saturated heterocycles. The van der Waals surface area contributed by atoms with Gasteiger partial charge in [-0.05, 0) is 29.8 Å². The van der Waals surface area contributed by atoms with Crippen molar-refractivity contribution in [1.82, 2.24) is 5.32 Å². The SMILES string of the molecule is COCCNC(=O)C[C@H]1COc2ccccc2N1Cc1ccc(F)cc1. The van der Waals surface area contributed by atoms with Crippen LogP contribution in [0.1, 0.15) is 12.0 Å². The average molecular weight is 358 g/mol. The van der Waals surface area contributed by atoms with Crippen LogP contribution in [0.3, 0.4) is 0 Å². The van der Waals surface area contributed by atoms with Gasteiger partial charge in [0.15, 0.2) is 0 Å². The van der Waals surface area contributed by atoms with Crippen LogP contribution in [0.5, 0.6) is 5.75 Å². The Bertz CT molecular complexity index is 736. The summed E-state index contributed by atoms with van der Waals surface area (Å²) in [4.78, 5) is 14.4. The van der Waals surface area contributed by atoms with E-state index in [2.05, 4.69) is 10.2 Å². The van der Waals surface area contributed by atoms with Gasteiger partial charge in [0.05, 0.1) is 24.8 Å². The van der Waals surface area contributed by atoms with Crippen LogP contribution in [0, 0.1) is 5.82 Å². The smallest absolute Gasteiger partial charge is 0.222 e. The van der Waals surface area contributed by atoms with Crippen molar-refractivity contribution < 1.29 is 18.7 Å². The molecule has 2 aromatic rings. The Balaban J connectivity index is 1.76. The number of nitrogens with zero attached hydrogens (tertiary/aromatic N) is 1. The fourth-order valence-electron chi connectivity index (χ4n) is 3.04. The molecule has 2 aromatic carbocycles. The number of benzene rings is 2. The van der Waals surface area contributed by atoms with Crippen molar-refractivity contribution in [3.8, 4) is 5.75 Å². The van der Waals surface area contributed by atoms with Gasteiger partial charge in [-0.15, -0.1) is 0 Å². The van der Waals surface area contributed by atoms with E-state index in [9.17, 15) is 9.18 Å². The van der Waals surface area contributed by atoms with Gasteiger partial charge in [0, 0.05) is 20.2 Å². The molecular weight excluding hydrogens is 335 g/mol. The normalized spacial score (nSPS) is 15.9. The summed E-state index contributed by atoms with van der Waals surface area (Å²) < 4.78 is 24.0. The summed E-state index contributed by atoms with van der Waals surface area (Å²) in [7, 11) is 1.60. The molecule has 6 heteroatoms. The molecule has 0 unspecified atom stereocenters. The molecule has 0 spiro atoms. The molecule has 0 fully saturated rings. The molecule has 138 valence electrons. The molecule has 0 aromatic heterocycles. The van der Waals surface area contributed by atoms with Crippen LogP contribution in [-0.4, -0.2) is 38.8 Å². The van der Waals surface area contributed by atoms with Crippen LogP contribution >= 0.6 is 0 Å². The van der Waals surface area contributed by atoms with Crippen molar-refractivity contribution in [2.45, 2.75) is 19.0 Å². The lowest BCUT2D eigenvalue weighted by Crippen LogP contribution is -2.45. The number of carbonyl (C=O) groups excluding carboxylic acids is 1. The van der Waals surface area contributed by atoms with Gasteiger partial charge in [-0.3, -0.25) is 4.79 Å². The standard InChI is InChI=1S/C20H23FN2O3/c1-25-11-10-22-20(24)12-17-14-26-19-5-3-2-4-18(19)23(17)13-15-6-8-16(21)9-7-15/h2-9,17H,10-14H2,1H3,(H,22,24)/t17-/m0/s1. The van der Waals surface area contributed by atoms with Gasteiger partial charge in [0.2, 0.25) is 5.91 Å². The minimum atomic E-state index is -0.259. The van der Waals surface area contributed by atoms with E-state index in [1.807, 2.05) is 24.3 Å². The van der Waals surface area contributed by atoms with Gasteiger partial charge in [-0.2, -0.15) is 0 Å². The first-order valence-electron chi connectivity index (χ1n) is 8.66. The monoisotopic (exact) mass is 358 g/mol. The van der Waals surface area contributed by atoms with Crippen molar-refractivity contribution in [3.63, 3.8) is 0 Å². The molecule has 5 nitrogen and oxygen atoms in total. The van der Waals surface area contributed by atoms with Crippen molar-refractivity contribution in [2.24, 2.45) is 0 Å². The second-order valence-corrected chi connectivity index (χ2v) is 6.23. The molecule has 1 amide bonds. The maximum absolute atomic E-state index is 13.2. The quantitative estimate of drug-likeness (QED) is 0.774. The van der Waals surface area contributed by atoms with Crippen LogP contribution in [0.2, 0.25) is 0 Å². The third kappa shape index (κ3) is 4.52. The minimum absolute atomic E-state index is 0.0425. The van der Waals surface area contributed by atoms with Crippen molar-refractivity contribution in [2.75, 3.05) is 31.8 Å².